The van der Waals surface area contributed by atoms with Crippen molar-refractivity contribution in [2.45, 2.75) is 89.5 Å². The molecule has 0 radical (unpaired) electrons. The molecule has 1 aliphatic heterocycles. The van der Waals surface area contributed by atoms with Crippen molar-refractivity contribution >= 4 is 0 Å². The lowest BCUT2D eigenvalue weighted by Gasteiger charge is -2.52. The zero-order valence-electron chi connectivity index (χ0n) is 15.8. The van der Waals surface area contributed by atoms with Gasteiger partial charge >= 0.3 is 0 Å². The normalized spacial score (nSPS) is 45.9. The van der Waals surface area contributed by atoms with Crippen LogP contribution in [0.15, 0.2) is 12.2 Å². The van der Waals surface area contributed by atoms with Crippen molar-refractivity contribution in [2.24, 2.45) is 17.3 Å². The number of aliphatic hydroxyl groups excluding tert-OH is 3. The SMILES string of the molecule is C=C1CCC[C@]2(C)CC[C@@H](C(C)(C)O[C@H]3OC[C@@H](O)[C@@H](O)[C@@H]3O)CC12. The summed E-state index contributed by atoms with van der Waals surface area (Å²) in [6.07, 6.45) is 2.51. The van der Waals surface area contributed by atoms with Gasteiger partial charge in [0.2, 0.25) is 0 Å². The van der Waals surface area contributed by atoms with E-state index in [1.807, 2.05) is 13.8 Å². The van der Waals surface area contributed by atoms with E-state index in [1.54, 1.807) is 0 Å². The number of hydrogen-bond donors (Lipinski definition) is 3. The zero-order valence-corrected chi connectivity index (χ0v) is 15.8. The topological polar surface area (TPSA) is 79.2 Å². The van der Waals surface area contributed by atoms with Gasteiger partial charge in [-0.3, -0.25) is 0 Å². The lowest BCUT2D eigenvalue weighted by Crippen LogP contribution is -2.56. The first-order valence-corrected chi connectivity index (χ1v) is 9.65. The van der Waals surface area contributed by atoms with Gasteiger partial charge in [-0.15, -0.1) is 0 Å². The quantitative estimate of drug-likeness (QED) is 0.678. The summed E-state index contributed by atoms with van der Waals surface area (Å²) < 4.78 is 11.6. The minimum absolute atomic E-state index is 0.0266. The Morgan fingerprint density at radius 1 is 1.20 bits per heavy atom. The van der Waals surface area contributed by atoms with Gasteiger partial charge in [-0.25, -0.2) is 0 Å². The van der Waals surface area contributed by atoms with E-state index in [0.29, 0.717) is 17.3 Å². The smallest absolute Gasteiger partial charge is 0.186 e. The van der Waals surface area contributed by atoms with Crippen molar-refractivity contribution in [3.05, 3.63) is 12.2 Å². The Morgan fingerprint density at radius 2 is 1.92 bits per heavy atom. The van der Waals surface area contributed by atoms with Crippen LogP contribution in [0.5, 0.6) is 0 Å². The molecule has 0 aromatic rings. The predicted octanol–water partition coefficient (Wildman–Crippen LogP) is 2.38. The molecule has 5 heteroatoms. The molecule has 144 valence electrons. The Morgan fingerprint density at radius 3 is 2.64 bits per heavy atom. The van der Waals surface area contributed by atoms with E-state index >= 15 is 0 Å². The summed E-state index contributed by atoms with van der Waals surface area (Å²) in [5.41, 5.74) is 1.26. The number of aliphatic hydroxyl groups is 3. The zero-order chi connectivity index (χ0) is 18.4. The third kappa shape index (κ3) is 3.67. The second-order valence-corrected chi connectivity index (χ2v) is 9.16. The molecule has 1 saturated heterocycles. The fourth-order valence-electron chi connectivity index (χ4n) is 5.13. The number of fused-ring (bicyclic) bond motifs is 1. The van der Waals surface area contributed by atoms with Gasteiger partial charge < -0.3 is 24.8 Å². The van der Waals surface area contributed by atoms with Crippen LogP contribution in [0.2, 0.25) is 0 Å². The average molecular weight is 354 g/mol. The van der Waals surface area contributed by atoms with Gasteiger partial charge in [-0.2, -0.15) is 0 Å². The van der Waals surface area contributed by atoms with Gasteiger partial charge in [0.05, 0.1) is 12.2 Å². The summed E-state index contributed by atoms with van der Waals surface area (Å²) >= 11 is 0. The molecule has 2 saturated carbocycles. The molecule has 0 aromatic heterocycles. The van der Waals surface area contributed by atoms with Crippen molar-refractivity contribution in [3.63, 3.8) is 0 Å². The maximum Gasteiger partial charge on any atom is 0.186 e. The summed E-state index contributed by atoms with van der Waals surface area (Å²) in [7, 11) is 0. The molecule has 0 spiro atoms. The van der Waals surface area contributed by atoms with Crippen LogP contribution in [0.3, 0.4) is 0 Å². The maximum absolute atomic E-state index is 10.2. The van der Waals surface area contributed by atoms with Crippen LogP contribution in [0.4, 0.5) is 0 Å². The van der Waals surface area contributed by atoms with Crippen LogP contribution in [0.1, 0.15) is 59.3 Å². The first-order chi connectivity index (χ1) is 11.6. The molecular formula is C20H34O5. The Hall–Kier alpha value is -0.460. The van der Waals surface area contributed by atoms with Crippen LogP contribution >= 0.6 is 0 Å². The average Bonchev–Trinajstić information content (AvgIpc) is 2.55. The Labute approximate surface area is 151 Å². The van der Waals surface area contributed by atoms with Crippen LogP contribution in [0, 0.1) is 17.3 Å². The van der Waals surface area contributed by atoms with E-state index < -0.39 is 30.2 Å². The predicted molar refractivity (Wildman–Crippen MR) is 94.9 cm³/mol. The van der Waals surface area contributed by atoms with Crippen molar-refractivity contribution in [2.75, 3.05) is 6.61 Å². The van der Waals surface area contributed by atoms with Gasteiger partial charge in [-0.1, -0.05) is 19.1 Å². The van der Waals surface area contributed by atoms with Crippen molar-refractivity contribution in [1.82, 2.24) is 0 Å². The lowest BCUT2D eigenvalue weighted by molar-refractivity contribution is -0.305. The molecule has 0 bridgehead atoms. The summed E-state index contributed by atoms with van der Waals surface area (Å²) in [5.74, 6) is 0.882. The van der Waals surface area contributed by atoms with E-state index in [2.05, 4.69) is 13.5 Å². The van der Waals surface area contributed by atoms with E-state index in [9.17, 15) is 15.3 Å². The van der Waals surface area contributed by atoms with E-state index in [1.165, 1.54) is 24.8 Å². The second kappa shape index (κ2) is 6.93. The molecule has 1 unspecified atom stereocenters. The molecule has 0 aromatic carbocycles. The number of rotatable bonds is 3. The van der Waals surface area contributed by atoms with Gasteiger partial charge in [0.25, 0.3) is 0 Å². The first-order valence-electron chi connectivity index (χ1n) is 9.65. The molecule has 2 aliphatic carbocycles. The number of ether oxygens (including phenoxy) is 2. The summed E-state index contributed by atoms with van der Waals surface area (Å²) in [4.78, 5) is 0. The molecule has 25 heavy (non-hydrogen) atoms. The van der Waals surface area contributed by atoms with Crippen molar-refractivity contribution < 1.29 is 24.8 Å². The molecule has 7 atom stereocenters. The molecule has 1 heterocycles. The summed E-state index contributed by atoms with van der Waals surface area (Å²) in [6, 6.07) is 0. The largest absolute Gasteiger partial charge is 0.388 e. The fraction of sp³-hybridized carbons (Fsp3) is 0.900. The van der Waals surface area contributed by atoms with Crippen molar-refractivity contribution in [3.8, 4) is 0 Å². The van der Waals surface area contributed by atoms with Crippen LogP contribution in [0.25, 0.3) is 0 Å². The van der Waals surface area contributed by atoms with E-state index in [-0.39, 0.29) is 6.61 Å². The third-order valence-electron chi connectivity index (χ3n) is 7.02. The molecule has 5 nitrogen and oxygen atoms in total. The van der Waals surface area contributed by atoms with Gasteiger partial charge in [0.15, 0.2) is 6.29 Å². The molecule has 3 aliphatic rings. The molecule has 3 N–H and O–H groups in total. The second-order valence-electron chi connectivity index (χ2n) is 9.16. The van der Waals surface area contributed by atoms with Gasteiger partial charge in [-0.05, 0) is 69.6 Å². The number of allylic oxidation sites excluding steroid dienone is 1. The minimum atomic E-state index is -1.23. The maximum atomic E-state index is 10.2. The minimum Gasteiger partial charge on any atom is -0.388 e. The standard InChI is InChI=1S/C20H34O5/c1-12-6-5-8-20(4)9-7-13(10-14(12)20)19(2,3)25-18-17(23)16(22)15(21)11-24-18/h13-18,21-23H,1,5-11H2,2-4H3/t13-,14?,15-,16-,17+,18-,20-/m1/s1. The fourth-order valence-corrected chi connectivity index (χ4v) is 5.13. The van der Waals surface area contributed by atoms with Crippen molar-refractivity contribution in [1.29, 1.82) is 0 Å². The number of hydrogen-bond acceptors (Lipinski definition) is 5. The van der Waals surface area contributed by atoms with Crippen LogP contribution in [-0.2, 0) is 9.47 Å². The molecule has 3 rings (SSSR count). The summed E-state index contributed by atoms with van der Waals surface area (Å²) in [6.45, 7) is 10.8. The lowest BCUT2D eigenvalue weighted by atomic mass is 9.55. The van der Waals surface area contributed by atoms with E-state index in [4.69, 9.17) is 9.47 Å². The highest BCUT2D eigenvalue weighted by molar-refractivity contribution is 5.13. The Bertz CT molecular complexity index is 504. The van der Waals surface area contributed by atoms with Gasteiger partial charge in [0, 0.05) is 0 Å². The van der Waals surface area contributed by atoms with Crippen LogP contribution < -0.4 is 0 Å². The molecule has 0 amide bonds. The highest BCUT2D eigenvalue weighted by atomic mass is 16.7. The van der Waals surface area contributed by atoms with E-state index in [0.717, 1.165) is 19.3 Å². The third-order valence-corrected chi connectivity index (χ3v) is 7.02. The van der Waals surface area contributed by atoms with Crippen LogP contribution in [-0.4, -0.2) is 52.1 Å². The first kappa shape index (κ1) is 19.3. The summed E-state index contributed by atoms with van der Waals surface area (Å²) in [5, 5.41) is 29.6. The molecule has 3 fully saturated rings. The highest BCUT2D eigenvalue weighted by Gasteiger charge is 2.48. The van der Waals surface area contributed by atoms with Gasteiger partial charge in [0.1, 0.15) is 18.3 Å². The monoisotopic (exact) mass is 354 g/mol. The Balaban J connectivity index is 1.67. The highest BCUT2D eigenvalue weighted by Crippen LogP contribution is 2.55. The Kier molecular flexibility index (Phi) is 5.35. The molecular weight excluding hydrogens is 320 g/mol.